The quantitative estimate of drug-likeness (QED) is 0.150. The third kappa shape index (κ3) is 5.98. The minimum atomic E-state index is -2.06. The maximum Gasteiger partial charge on any atom is 0.335 e. The van der Waals surface area contributed by atoms with E-state index < -0.39 is 37.8 Å². The number of rotatable bonds is 9. The van der Waals surface area contributed by atoms with Crippen molar-refractivity contribution in [3.8, 4) is 0 Å². The molecule has 2 aliphatic heterocycles. The SMILES string of the molecule is CCC[C@H](OP1OC(c2ccccc2)(c2ccccc2)[C@@H]2OC(C)(C)O[C@H]2C(c2ccccc2)(c2ccccc2)O1)c1ccccc1. The van der Waals surface area contributed by atoms with Gasteiger partial charge >= 0.3 is 8.60 Å². The fourth-order valence-electron chi connectivity index (χ4n) is 7.01. The summed E-state index contributed by atoms with van der Waals surface area (Å²) in [4.78, 5) is 0. The van der Waals surface area contributed by atoms with Crippen LogP contribution in [0.25, 0.3) is 0 Å². The van der Waals surface area contributed by atoms with Crippen LogP contribution in [0.1, 0.15) is 67.5 Å². The van der Waals surface area contributed by atoms with E-state index in [0.29, 0.717) is 0 Å². The summed E-state index contributed by atoms with van der Waals surface area (Å²) in [5, 5.41) is 0. The Balaban J connectivity index is 1.52. The monoisotopic (exact) mass is 644 g/mol. The Bertz CT molecular complexity index is 1540. The predicted octanol–water partition coefficient (Wildman–Crippen LogP) is 10.2. The molecular weight excluding hydrogens is 603 g/mol. The first-order valence-corrected chi connectivity index (χ1v) is 17.5. The van der Waals surface area contributed by atoms with Crippen molar-refractivity contribution >= 4 is 8.60 Å². The zero-order valence-electron chi connectivity index (χ0n) is 27.1. The van der Waals surface area contributed by atoms with E-state index >= 15 is 0 Å². The van der Waals surface area contributed by atoms with Gasteiger partial charge in [-0.15, -0.1) is 0 Å². The van der Waals surface area contributed by atoms with Crippen LogP contribution in [-0.2, 0) is 34.2 Å². The Morgan fingerprint density at radius 3 is 1.23 bits per heavy atom. The molecule has 0 saturated carbocycles. The molecule has 2 fully saturated rings. The Kier molecular flexibility index (Phi) is 9.13. The molecular formula is C41H41O5P. The van der Waals surface area contributed by atoms with Crippen molar-refractivity contribution in [1.29, 1.82) is 0 Å². The van der Waals surface area contributed by atoms with E-state index in [9.17, 15) is 0 Å². The van der Waals surface area contributed by atoms with Crippen LogP contribution < -0.4 is 0 Å². The van der Waals surface area contributed by atoms with Gasteiger partial charge in [0.05, 0.1) is 6.10 Å². The van der Waals surface area contributed by atoms with Crippen molar-refractivity contribution in [1.82, 2.24) is 0 Å². The third-order valence-corrected chi connectivity index (χ3v) is 10.4. The van der Waals surface area contributed by atoms with Crippen LogP contribution in [-0.4, -0.2) is 18.0 Å². The number of ether oxygens (including phenoxy) is 2. The summed E-state index contributed by atoms with van der Waals surface area (Å²) in [6, 6.07) is 51.6. The molecule has 2 saturated heterocycles. The van der Waals surface area contributed by atoms with E-state index in [4.69, 9.17) is 23.0 Å². The first-order valence-electron chi connectivity index (χ1n) is 16.4. The maximum atomic E-state index is 7.49. The van der Waals surface area contributed by atoms with Gasteiger partial charge in [0.25, 0.3) is 0 Å². The van der Waals surface area contributed by atoms with Crippen molar-refractivity contribution in [2.24, 2.45) is 0 Å². The smallest absolute Gasteiger partial charge is 0.335 e. The Hall–Kier alpha value is -3.67. The standard InChI is InChI=1S/C41H41O5P/c1-4-20-36(31-21-10-5-11-22-31)44-47-45-40(32-23-12-6-13-24-32,33-25-14-7-15-26-33)37-38(43-39(2,3)42-37)41(46-47,34-27-16-8-17-28-34)35-29-18-9-19-30-35/h5-19,21-30,36-38H,4,20H2,1-3H3/t36-,37+,38+/m0/s1. The van der Waals surface area contributed by atoms with Gasteiger partial charge < -0.3 is 14.0 Å². The third-order valence-electron chi connectivity index (χ3n) is 9.08. The molecule has 0 amide bonds. The molecule has 240 valence electrons. The minimum absolute atomic E-state index is 0.253. The minimum Gasteiger partial charge on any atom is -0.341 e. The van der Waals surface area contributed by atoms with E-state index in [1.54, 1.807) is 0 Å². The molecule has 5 aromatic carbocycles. The Morgan fingerprint density at radius 2 is 0.894 bits per heavy atom. The number of benzene rings is 5. The predicted molar refractivity (Wildman–Crippen MR) is 185 cm³/mol. The highest BCUT2D eigenvalue weighted by molar-refractivity contribution is 7.41. The van der Waals surface area contributed by atoms with Crippen LogP contribution in [0.15, 0.2) is 152 Å². The zero-order chi connectivity index (χ0) is 32.3. The summed E-state index contributed by atoms with van der Waals surface area (Å²) >= 11 is 0. The molecule has 2 aliphatic rings. The van der Waals surface area contributed by atoms with Crippen molar-refractivity contribution in [2.45, 2.75) is 68.9 Å². The highest BCUT2D eigenvalue weighted by Gasteiger charge is 2.67. The van der Waals surface area contributed by atoms with E-state index in [-0.39, 0.29) is 6.10 Å². The van der Waals surface area contributed by atoms with Gasteiger partial charge in [-0.05, 0) is 48.1 Å². The highest BCUT2D eigenvalue weighted by Crippen LogP contribution is 2.66. The van der Waals surface area contributed by atoms with Crippen molar-refractivity contribution in [2.75, 3.05) is 0 Å². The molecule has 2 heterocycles. The molecule has 5 aromatic rings. The number of hydrogen-bond acceptors (Lipinski definition) is 5. The fraction of sp³-hybridized carbons (Fsp3) is 0.268. The molecule has 6 heteroatoms. The summed E-state index contributed by atoms with van der Waals surface area (Å²) in [6.07, 6.45) is 0.201. The van der Waals surface area contributed by atoms with Crippen LogP contribution in [0.4, 0.5) is 0 Å². The molecule has 7 rings (SSSR count). The number of hydrogen-bond donors (Lipinski definition) is 0. The second-order valence-corrected chi connectivity index (χ2v) is 13.6. The summed E-state index contributed by atoms with van der Waals surface area (Å²) in [6.45, 7) is 6.11. The second-order valence-electron chi connectivity index (χ2n) is 12.6. The van der Waals surface area contributed by atoms with E-state index in [1.807, 2.05) is 105 Å². The first-order chi connectivity index (χ1) is 23.0. The van der Waals surface area contributed by atoms with Crippen LogP contribution in [0.5, 0.6) is 0 Å². The van der Waals surface area contributed by atoms with Crippen molar-refractivity contribution in [3.63, 3.8) is 0 Å². The number of fused-ring (bicyclic) bond motifs is 1. The maximum absolute atomic E-state index is 7.49. The molecule has 0 aliphatic carbocycles. The molecule has 47 heavy (non-hydrogen) atoms. The molecule has 0 unspecified atom stereocenters. The van der Waals surface area contributed by atoms with E-state index in [1.165, 1.54) is 0 Å². The molecule has 5 nitrogen and oxygen atoms in total. The van der Waals surface area contributed by atoms with Crippen LogP contribution in [0.3, 0.4) is 0 Å². The summed E-state index contributed by atoms with van der Waals surface area (Å²) < 4.78 is 36.2. The van der Waals surface area contributed by atoms with E-state index in [2.05, 4.69) is 67.6 Å². The highest BCUT2D eigenvalue weighted by atomic mass is 31.2. The van der Waals surface area contributed by atoms with Crippen LogP contribution >= 0.6 is 8.60 Å². The molecule has 0 radical (unpaired) electrons. The van der Waals surface area contributed by atoms with Gasteiger partial charge in [0.2, 0.25) is 0 Å². The zero-order valence-corrected chi connectivity index (χ0v) is 28.0. The second kappa shape index (κ2) is 13.4. The van der Waals surface area contributed by atoms with Gasteiger partial charge in [-0.25, -0.2) is 0 Å². The van der Waals surface area contributed by atoms with Crippen LogP contribution in [0, 0.1) is 0 Å². The largest absolute Gasteiger partial charge is 0.341 e. The normalized spacial score (nSPS) is 22.2. The lowest BCUT2D eigenvalue weighted by atomic mass is 9.72. The van der Waals surface area contributed by atoms with Crippen molar-refractivity contribution in [3.05, 3.63) is 179 Å². The lowest BCUT2D eigenvalue weighted by Gasteiger charge is -2.41. The summed E-state index contributed by atoms with van der Waals surface area (Å²) in [7, 11) is -2.06. The average Bonchev–Trinajstić information content (AvgIpc) is 3.41. The molecule has 0 aromatic heterocycles. The van der Waals surface area contributed by atoms with Gasteiger partial charge in [-0.2, -0.15) is 0 Å². The Labute approximate surface area is 279 Å². The Morgan fingerprint density at radius 1 is 0.553 bits per heavy atom. The molecule has 3 atom stereocenters. The van der Waals surface area contributed by atoms with Gasteiger partial charge in [0.1, 0.15) is 12.2 Å². The lowest BCUT2D eigenvalue weighted by Crippen LogP contribution is -2.53. The summed E-state index contributed by atoms with van der Waals surface area (Å²) in [5.74, 6) is -0.943. The van der Waals surface area contributed by atoms with Gasteiger partial charge in [-0.3, -0.25) is 9.05 Å². The fourth-order valence-corrected chi connectivity index (χ4v) is 8.67. The first kappa shape index (κ1) is 31.9. The molecule has 0 N–H and O–H groups in total. The topological polar surface area (TPSA) is 46.2 Å². The van der Waals surface area contributed by atoms with Gasteiger partial charge in [-0.1, -0.05) is 165 Å². The molecule has 0 bridgehead atoms. The average molecular weight is 645 g/mol. The molecule has 0 spiro atoms. The van der Waals surface area contributed by atoms with Gasteiger partial charge in [0, 0.05) is 0 Å². The van der Waals surface area contributed by atoms with Crippen molar-refractivity contribution < 1.29 is 23.0 Å². The lowest BCUT2D eigenvalue weighted by molar-refractivity contribution is -0.177. The van der Waals surface area contributed by atoms with Crippen LogP contribution in [0.2, 0.25) is 0 Å². The van der Waals surface area contributed by atoms with Gasteiger partial charge in [0.15, 0.2) is 17.0 Å². The summed E-state index contributed by atoms with van der Waals surface area (Å²) in [5.41, 5.74) is 2.53. The van der Waals surface area contributed by atoms with E-state index in [0.717, 1.165) is 40.7 Å².